The highest BCUT2D eigenvalue weighted by molar-refractivity contribution is 5.91. The normalized spacial score (nSPS) is 10.4. The van der Waals surface area contributed by atoms with Crippen molar-refractivity contribution in [2.45, 2.75) is 13.1 Å². The molecule has 1 heterocycles. The third kappa shape index (κ3) is 3.62. The molecule has 19 heavy (non-hydrogen) atoms. The highest BCUT2D eigenvalue weighted by atomic mass is 19.1. The summed E-state index contributed by atoms with van der Waals surface area (Å²) in [4.78, 5) is 15.8. The highest BCUT2D eigenvalue weighted by Crippen LogP contribution is 2.03. The Morgan fingerprint density at radius 3 is 3.05 bits per heavy atom. The van der Waals surface area contributed by atoms with Crippen LogP contribution < -0.4 is 11.1 Å². The fourth-order valence-corrected chi connectivity index (χ4v) is 1.67. The molecule has 0 fully saturated rings. The van der Waals surface area contributed by atoms with Crippen LogP contribution in [-0.2, 0) is 13.1 Å². The number of rotatable bonds is 5. The number of hydrogen-bond acceptors (Lipinski definition) is 3. The smallest absolute Gasteiger partial charge is 0.271 e. The average Bonchev–Trinajstić information content (AvgIpc) is 2.85. The molecule has 2 aromatic rings. The molecule has 6 heteroatoms. The molecule has 1 aromatic carbocycles. The lowest BCUT2D eigenvalue weighted by molar-refractivity contribution is 0.0946. The van der Waals surface area contributed by atoms with Crippen molar-refractivity contribution in [2.75, 3.05) is 6.54 Å². The van der Waals surface area contributed by atoms with Gasteiger partial charge in [0.25, 0.3) is 5.91 Å². The number of nitrogens with one attached hydrogen (secondary N) is 1. The van der Waals surface area contributed by atoms with E-state index in [0.29, 0.717) is 24.3 Å². The SMILES string of the molecule is NCCn1cnc(C(=O)NCc2cccc(F)c2)c1. The molecule has 0 radical (unpaired) electrons. The fraction of sp³-hybridized carbons (Fsp3) is 0.231. The average molecular weight is 262 g/mol. The molecule has 1 amide bonds. The number of carbonyl (C=O) groups excluding carboxylic acids is 1. The van der Waals surface area contributed by atoms with Gasteiger partial charge in [-0.15, -0.1) is 0 Å². The number of nitrogens with two attached hydrogens (primary N) is 1. The first-order valence-corrected chi connectivity index (χ1v) is 5.93. The Labute approximate surface area is 110 Å². The van der Waals surface area contributed by atoms with Gasteiger partial charge in [-0.05, 0) is 17.7 Å². The van der Waals surface area contributed by atoms with E-state index in [1.54, 1.807) is 29.2 Å². The number of imidazole rings is 1. The molecule has 0 spiro atoms. The topological polar surface area (TPSA) is 72.9 Å². The van der Waals surface area contributed by atoms with Gasteiger partial charge in [0.2, 0.25) is 0 Å². The number of amides is 1. The van der Waals surface area contributed by atoms with E-state index in [1.165, 1.54) is 12.1 Å². The van der Waals surface area contributed by atoms with Gasteiger partial charge < -0.3 is 15.6 Å². The lowest BCUT2D eigenvalue weighted by Gasteiger charge is -2.03. The second-order valence-corrected chi connectivity index (χ2v) is 4.10. The number of hydrogen-bond donors (Lipinski definition) is 2. The van der Waals surface area contributed by atoms with Crippen molar-refractivity contribution < 1.29 is 9.18 Å². The molecule has 0 aliphatic carbocycles. The molecular weight excluding hydrogens is 247 g/mol. The zero-order valence-electron chi connectivity index (χ0n) is 10.3. The summed E-state index contributed by atoms with van der Waals surface area (Å²) in [5.41, 5.74) is 6.44. The number of carbonyl (C=O) groups is 1. The second-order valence-electron chi connectivity index (χ2n) is 4.10. The summed E-state index contributed by atoms with van der Waals surface area (Å²) in [6.45, 7) is 1.37. The van der Waals surface area contributed by atoms with Gasteiger partial charge in [-0.25, -0.2) is 9.37 Å². The Morgan fingerprint density at radius 1 is 1.47 bits per heavy atom. The Balaban J connectivity index is 1.93. The minimum atomic E-state index is -0.320. The maximum Gasteiger partial charge on any atom is 0.271 e. The van der Waals surface area contributed by atoms with Crippen LogP contribution in [0.4, 0.5) is 4.39 Å². The van der Waals surface area contributed by atoms with Gasteiger partial charge in [-0.2, -0.15) is 0 Å². The number of benzene rings is 1. The first kappa shape index (κ1) is 13.2. The number of halogens is 1. The number of aromatic nitrogens is 2. The molecule has 0 saturated carbocycles. The largest absolute Gasteiger partial charge is 0.347 e. The predicted octanol–water partition coefficient (Wildman–Crippen LogP) is 0.911. The van der Waals surface area contributed by atoms with Gasteiger partial charge in [0.05, 0.1) is 6.33 Å². The fourth-order valence-electron chi connectivity index (χ4n) is 1.67. The number of nitrogens with zero attached hydrogens (tertiary/aromatic N) is 2. The van der Waals surface area contributed by atoms with Crippen molar-refractivity contribution in [3.63, 3.8) is 0 Å². The van der Waals surface area contributed by atoms with Crippen molar-refractivity contribution in [3.05, 3.63) is 53.9 Å². The maximum absolute atomic E-state index is 13.0. The molecule has 100 valence electrons. The van der Waals surface area contributed by atoms with Crippen molar-refractivity contribution in [1.82, 2.24) is 14.9 Å². The third-order valence-electron chi connectivity index (χ3n) is 2.60. The third-order valence-corrected chi connectivity index (χ3v) is 2.60. The van der Waals surface area contributed by atoms with Crippen LogP contribution in [0.3, 0.4) is 0 Å². The Hall–Kier alpha value is -2.21. The summed E-state index contributed by atoms with van der Waals surface area (Å²) in [5.74, 6) is -0.612. The molecule has 0 aliphatic heterocycles. The predicted molar refractivity (Wildman–Crippen MR) is 68.9 cm³/mol. The summed E-state index contributed by atoms with van der Waals surface area (Å²) >= 11 is 0. The molecule has 2 rings (SSSR count). The molecule has 3 N–H and O–H groups in total. The van der Waals surface area contributed by atoms with Crippen LogP contribution in [-0.4, -0.2) is 22.0 Å². The minimum Gasteiger partial charge on any atom is -0.347 e. The molecular formula is C13H15FN4O. The van der Waals surface area contributed by atoms with E-state index >= 15 is 0 Å². The second kappa shape index (κ2) is 6.10. The van der Waals surface area contributed by atoms with Crippen LogP contribution in [0.5, 0.6) is 0 Å². The van der Waals surface area contributed by atoms with E-state index in [4.69, 9.17) is 5.73 Å². The standard InChI is InChI=1S/C13H15FN4O/c14-11-3-1-2-10(6-11)7-16-13(19)12-8-18(5-4-15)9-17-12/h1-3,6,8-9H,4-5,7,15H2,(H,16,19). The van der Waals surface area contributed by atoms with Crippen molar-refractivity contribution >= 4 is 5.91 Å². The van der Waals surface area contributed by atoms with E-state index in [0.717, 1.165) is 0 Å². The van der Waals surface area contributed by atoms with Gasteiger partial charge in [-0.3, -0.25) is 4.79 Å². The summed E-state index contributed by atoms with van der Waals surface area (Å²) in [5, 5.41) is 2.69. The molecule has 1 aromatic heterocycles. The first-order valence-electron chi connectivity index (χ1n) is 5.93. The summed E-state index contributed by atoms with van der Waals surface area (Å²) in [7, 11) is 0. The zero-order chi connectivity index (χ0) is 13.7. The van der Waals surface area contributed by atoms with Gasteiger partial charge in [0.1, 0.15) is 11.5 Å². The van der Waals surface area contributed by atoms with E-state index in [-0.39, 0.29) is 18.3 Å². The van der Waals surface area contributed by atoms with Gasteiger partial charge in [-0.1, -0.05) is 12.1 Å². The van der Waals surface area contributed by atoms with Crippen LogP contribution in [0.15, 0.2) is 36.8 Å². The van der Waals surface area contributed by atoms with Gasteiger partial charge in [0.15, 0.2) is 0 Å². The van der Waals surface area contributed by atoms with E-state index in [1.807, 2.05) is 0 Å². The molecule has 0 aliphatic rings. The summed E-state index contributed by atoms with van der Waals surface area (Å²) < 4.78 is 14.7. The quantitative estimate of drug-likeness (QED) is 0.841. The summed E-state index contributed by atoms with van der Waals surface area (Å²) in [6.07, 6.45) is 3.19. The van der Waals surface area contributed by atoms with E-state index in [2.05, 4.69) is 10.3 Å². The molecule has 0 unspecified atom stereocenters. The highest BCUT2D eigenvalue weighted by Gasteiger charge is 2.08. The van der Waals surface area contributed by atoms with Crippen molar-refractivity contribution in [1.29, 1.82) is 0 Å². The Bertz CT molecular complexity index is 567. The van der Waals surface area contributed by atoms with E-state index in [9.17, 15) is 9.18 Å². The Kier molecular flexibility index (Phi) is 4.25. The van der Waals surface area contributed by atoms with Crippen molar-refractivity contribution in [3.8, 4) is 0 Å². The molecule has 5 nitrogen and oxygen atoms in total. The molecule has 0 saturated heterocycles. The molecule has 0 bridgehead atoms. The minimum absolute atomic E-state index is 0.264. The maximum atomic E-state index is 13.0. The van der Waals surface area contributed by atoms with E-state index < -0.39 is 0 Å². The van der Waals surface area contributed by atoms with Crippen molar-refractivity contribution in [2.24, 2.45) is 5.73 Å². The van der Waals surface area contributed by atoms with Crippen LogP contribution >= 0.6 is 0 Å². The summed E-state index contributed by atoms with van der Waals surface area (Å²) in [6, 6.07) is 6.09. The first-order chi connectivity index (χ1) is 9.19. The molecule has 0 atom stereocenters. The van der Waals surface area contributed by atoms with Crippen LogP contribution in [0.2, 0.25) is 0 Å². The lowest BCUT2D eigenvalue weighted by atomic mass is 10.2. The Morgan fingerprint density at radius 2 is 2.32 bits per heavy atom. The van der Waals surface area contributed by atoms with Crippen LogP contribution in [0.1, 0.15) is 16.1 Å². The van der Waals surface area contributed by atoms with Crippen LogP contribution in [0, 0.1) is 5.82 Å². The lowest BCUT2D eigenvalue weighted by Crippen LogP contribution is -2.23. The monoisotopic (exact) mass is 262 g/mol. The van der Waals surface area contributed by atoms with Crippen LogP contribution in [0.25, 0.3) is 0 Å². The van der Waals surface area contributed by atoms with Gasteiger partial charge in [0, 0.05) is 25.8 Å². The zero-order valence-corrected chi connectivity index (χ0v) is 10.3. The van der Waals surface area contributed by atoms with Gasteiger partial charge >= 0.3 is 0 Å².